The summed E-state index contributed by atoms with van der Waals surface area (Å²) in [5.41, 5.74) is 2.94. The van der Waals surface area contributed by atoms with Crippen molar-refractivity contribution in [2.45, 2.75) is 18.6 Å². The molecule has 0 saturated heterocycles. The van der Waals surface area contributed by atoms with Crippen LogP contribution in [-0.4, -0.2) is 39.4 Å². The van der Waals surface area contributed by atoms with Crippen molar-refractivity contribution in [2.75, 3.05) is 18.2 Å². The summed E-state index contributed by atoms with van der Waals surface area (Å²) < 4.78 is 6.87. The second-order valence-corrected chi connectivity index (χ2v) is 9.70. The van der Waals surface area contributed by atoms with Crippen molar-refractivity contribution in [2.24, 2.45) is 0 Å². The number of hydrogen-bond donors (Lipinski definition) is 2. The van der Waals surface area contributed by atoms with E-state index in [1.165, 1.54) is 11.8 Å². The number of carbonyl (C=O) groups is 2. The summed E-state index contributed by atoms with van der Waals surface area (Å²) in [5.74, 6) is 0.751. The molecule has 8 nitrogen and oxygen atoms in total. The van der Waals surface area contributed by atoms with Crippen LogP contribution in [0.3, 0.4) is 0 Å². The van der Waals surface area contributed by atoms with Gasteiger partial charge in [-0.25, -0.2) is 0 Å². The lowest BCUT2D eigenvalue weighted by Crippen LogP contribution is -2.24. The number of aromatic nitrogens is 3. The van der Waals surface area contributed by atoms with Gasteiger partial charge in [-0.3, -0.25) is 14.2 Å². The van der Waals surface area contributed by atoms with Crippen LogP contribution in [0.2, 0.25) is 10.0 Å². The predicted octanol–water partition coefficient (Wildman–Crippen LogP) is 5.55. The van der Waals surface area contributed by atoms with Crippen LogP contribution in [0.4, 0.5) is 5.69 Å². The van der Waals surface area contributed by atoms with Gasteiger partial charge in [-0.15, -0.1) is 10.2 Å². The molecule has 0 bridgehead atoms. The fourth-order valence-corrected chi connectivity index (χ4v) is 4.42. The predicted molar refractivity (Wildman–Crippen MR) is 146 cm³/mol. The van der Waals surface area contributed by atoms with Crippen LogP contribution in [0.15, 0.2) is 71.9 Å². The van der Waals surface area contributed by atoms with E-state index in [-0.39, 0.29) is 24.1 Å². The van der Waals surface area contributed by atoms with E-state index >= 15 is 0 Å². The summed E-state index contributed by atoms with van der Waals surface area (Å²) in [6, 6.07) is 19.4. The van der Waals surface area contributed by atoms with Crippen molar-refractivity contribution in [3.8, 4) is 11.4 Å². The molecule has 0 aliphatic heterocycles. The van der Waals surface area contributed by atoms with E-state index in [0.717, 1.165) is 5.56 Å². The van der Waals surface area contributed by atoms with Gasteiger partial charge < -0.3 is 15.4 Å². The van der Waals surface area contributed by atoms with E-state index in [1.807, 2.05) is 31.2 Å². The summed E-state index contributed by atoms with van der Waals surface area (Å²) in [7, 11) is 1.56. The summed E-state index contributed by atoms with van der Waals surface area (Å²) in [5, 5.41) is 15.5. The molecule has 1 aromatic heterocycles. The van der Waals surface area contributed by atoms with E-state index in [4.69, 9.17) is 27.9 Å². The lowest BCUT2D eigenvalue weighted by atomic mass is 10.2. The molecule has 0 radical (unpaired) electrons. The first-order valence-corrected chi connectivity index (χ1v) is 12.9. The number of thioether (sulfide) groups is 1. The molecule has 0 spiro atoms. The van der Waals surface area contributed by atoms with Crippen LogP contribution in [0.5, 0.6) is 5.75 Å². The Bertz CT molecular complexity index is 1410. The minimum atomic E-state index is -0.280. The van der Waals surface area contributed by atoms with E-state index in [0.29, 0.717) is 43.7 Å². The molecule has 0 unspecified atom stereocenters. The Morgan fingerprint density at radius 1 is 0.973 bits per heavy atom. The molecule has 0 fully saturated rings. The molecule has 2 amide bonds. The normalized spacial score (nSPS) is 10.7. The van der Waals surface area contributed by atoms with Crippen LogP contribution in [-0.2, 0) is 11.3 Å². The molecule has 37 heavy (non-hydrogen) atoms. The number of halogens is 2. The zero-order valence-corrected chi connectivity index (χ0v) is 22.3. The van der Waals surface area contributed by atoms with Crippen LogP contribution in [0.25, 0.3) is 5.69 Å². The highest BCUT2D eigenvalue weighted by molar-refractivity contribution is 7.99. The molecule has 0 atom stereocenters. The van der Waals surface area contributed by atoms with Gasteiger partial charge in [0.15, 0.2) is 11.0 Å². The Morgan fingerprint density at radius 3 is 2.38 bits per heavy atom. The van der Waals surface area contributed by atoms with Gasteiger partial charge in [-0.05, 0) is 61.5 Å². The maximum Gasteiger partial charge on any atom is 0.251 e. The number of aryl methyl sites for hydroxylation is 1. The lowest BCUT2D eigenvalue weighted by molar-refractivity contribution is -0.113. The molecule has 11 heteroatoms. The highest BCUT2D eigenvalue weighted by Crippen LogP contribution is 2.28. The highest BCUT2D eigenvalue weighted by atomic mass is 35.5. The number of anilines is 1. The summed E-state index contributed by atoms with van der Waals surface area (Å²) in [6.07, 6.45) is 0. The molecule has 190 valence electrons. The number of nitrogens with one attached hydrogen (secondary N) is 2. The Morgan fingerprint density at radius 2 is 1.70 bits per heavy atom. The van der Waals surface area contributed by atoms with Crippen LogP contribution in [0.1, 0.15) is 21.7 Å². The summed E-state index contributed by atoms with van der Waals surface area (Å²) in [6.45, 7) is 2.07. The Hall–Kier alpha value is -3.53. The molecule has 0 aliphatic rings. The molecule has 1 heterocycles. The van der Waals surface area contributed by atoms with Gasteiger partial charge in [-0.2, -0.15) is 0 Å². The molecular weight excluding hydrogens is 533 g/mol. The first-order chi connectivity index (χ1) is 17.8. The zero-order valence-electron chi connectivity index (χ0n) is 20.0. The number of amides is 2. The monoisotopic (exact) mass is 555 g/mol. The first kappa shape index (κ1) is 26.5. The quantitative estimate of drug-likeness (QED) is 0.262. The lowest BCUT2D eigenvalue weighted by Gasteiger charge is -2.12. The largest absolute Gasteiger partial charge is 0.497 e. The molecule has 4 aromatic rings. The van der Waals surface area contributed by atoms with Gasteiger partial charge in [0.2, 0.25) is 5.91 Å². The fraction of sp³-hybridized carbons (Fsp3) is 0.154. The average molecular weight is 556 g/mol. The smallest absolute Gasteiger partial charge is 0.251 e. The second kappa shape index (κ2) is 12.1. The summed E-state index contributed by atoms with van der Waals surface area (Å²) in [4.78, 5) is 25.2. The molecular formula is C26H23Cl2N5O3S. The standard InChI is InChI=1S/C26H23Cl2N5O3S/c1-16-3-7-18(8-4-16)30-24(34)15-37-26-32-31-23(33(26)19-9-12-21(27)22(28)13-19)14-29-25(35)17-5-10-20(36-2)11-6-17/h3-13H,14-15H2,1-2H3,(H,29,35)(H,30,34). The van der Waals surface area contributed by atoms with Gasteiger partial charge >= 0.3 is 0 Å². The van der Waals surface area contributed by atoms with Crippen LogP contribution < -0.4 is 15.4 Å². The number of methoxy groups -OCH3 is 1. The van der Waals surface area contributed by atoms with Crippen molar-refractivity contribution in [3.63, 3.8) is 0 Å². The van der Waals surface area contributed by atoms with Crippen molar-refractivity contribution in [1.82, 2.24) is 20.1 Å². The number of nitrogens with zero attached hydrogens (tertiary/aromatic N) is 3. The maximum absolute atomic E-state index is 12.7. The molecule has 2 N–H and O–H groups in total. The topological polar surface area (TPSA) is 98.1 Å². The van der Waals surface area contributed by atoms with Gasteiger partial charge in [-0.1, -0.05) is 52.7 Å². The molecule has 3 aromatic carbocycles. The number of hydrogen-bond acceptors (Lipinski definition) is 6. The van der Waals surface area contributed by atoms with Crippen molar-refractivity contribution < 1.29 is 14.3 Å². The van der Waals surface area contributed by atoms with E-state index in [9.17, 15) is 9.59 Å². The van der Waals surface area contributed by atoms with Gasteiger partial charge in [0, 0.05) is 11.3 Å². The maximum atomic E-state index is 12.7. The highest BCUT2D eigenvalue weighted by Gasteiger charge is 2.18. The minimum absolute atomic E-state index is 0.0915. The van der Waals surface area contributed by atoms with Gasteiger partial charge in [0.1, 0.15) is 5.75 Å². The van der Waals surface area contributed by atoms with E-state index < -0.39 is 0 Å². The van der Waals surface area contributed by atoms with Crippen molar-refractivity contribution in [3.05, 3.63) is 93.7 Å². The Balaban J connectivity index is 1.51. The number of benzene rings is 3. The fourth-order valence-electron chi connectivity index (χ4n) is 3.36. The van der Waals surface area contributed by atoms with Gasteiger partial charge in [0.05, 0.1) is 35.1 Å². The Kier molecular flexibility index (Phi) is 8.70. The zero-order chi connectivity index (χ0) is 26.4. The SMILES string of the molecule is COc1ccc(C(=O)NCc2nnc(SCC(=O)Nc3ccc(C)cc3)n2-c2ccc(Cl)c(Cl)c2)cc1. The third-order valence-electron chi connectivity index (χ3n) is 5.29. The number of carbonyl (C=O) groups excluding carboxylic acids is 2. The molecule has 0 aliphatic carbocycles. The number of rotatable bonds is 9. The van der Waals surface area contributed by atoms with Crippen molar-refractivity contribution in [1.29, 1.82) is 0 Å². The van der Waals surface area contributed by atoms with Gasteiger partial charge in [0.25, 0.3) is 5.91 Å². The average Bonchev–Trinajstić information content (AvgIpc) is 3.31. The van der Waals surface area contributed by atoms with E-state index in [1.54, 1.807) is 54.1 Å². The summed E-state index contributed by atoms with van der Waals surface area (Å²) >= 11 is 13.6. The van der Waals surface area contributed by atoms with Crippen molar-refractivity contribution >= 4 is 52.5 Å². The molecule has 4 rings (SSSR count). The van der Waals surface area contributed by atoms with Crippen LogP contribution in [0, 0.1) is 6.92 Å². The first-order valence-electron chi connectivity index (χ1n) is 11.2. The number of ether oxygens (including phenoxy) is 1. The third-order valence-corrected chi connectivity index (χ3v) is 6.96. The Labute approximate surface area is 228 Å². The van der Waals surface area contributed by atoms with E-state index in [2.05, 4.69) is 20.8 Å². The second-order valence-electron chi connectivity index (χ2n) is 7.95. The minimum Gasteiger partial charge on any atom is -0.497 e. The molecule has 0 saturated carbocycles. The van der Waals surface area contributed by atoms with Crippen LogP contribution >= 0.6 is 35.0 Å². The third kappa shape index (κ3) is 6.82.